The Morgan fingerprint density at radius 3 is 1.52 bits per heavy atom. The standard InChI is InChI=1S/C6H14N4O2.C6H13NO2.C5H9NO4/c7-4(5(11)12)2-1-3-10-6(8)9;1-2-3-4-5(7)6(8)9;6-3(5(9)10)1-2-4(7)8/h4H,1-3,7H2,(H,11,12)(H4,8,9,10);5H,2-4,7H2,1H3,(H,8,9);3H,1-2,6H2,(H,7,8)(H,9,10)/t4-;;3-/m0.0/s1. The predicted octanol–water partition coefficient (Wildman–Crippen LogP) is -1.49. The first-order chi connectivity index (χ1) is 14.3. The summed E-state index contributed by atoms with van der Waals surface area (Å²) in [7, 11) is 0. The van der Waals surface area contributed by atoms with Crippen molar-refractivity contribution in [3.8, 4) is 0 Å². The molecule has 0 fully saturated rings. The van der Waals surface area contributed by atoms with Crippen LogP contribution in [0, 0.1) is 5.41 Å². The third-order valence-electron chi connectivity index (χ3n) is 3.50. The highest BCUT2D eigenvalue weighted by atomic mass is 16.4. The Labute approximate surface area is 180 Å². The van der Waals surface area contributed by atoms with E-state index in [1.54, 1.807) is 0 Å². The molecule has 0 saturated heterocycles. The number of carbonyl (C=O) groups is 4. The number of hydrogen-bond acceptors (Lipinski definition) is 8. The summed E-state index contributed by atoms with van der Waals surface area (Å²) in [6.07, 6.45) is 3.24. The number of aliphatic carboxylic acids is 4. The fourth-order valence-corrected chi connectivity index (χ4v) is 1.62. The van der Waals surface area contributed by atoms with E-state index < -0.39 is 42.0 Å². The number of unbranched alkanes of at least 4 members (excludes halogenated alkanes) is 1. The topological polar surface area (TPSA) is 289 Å². The minimum Gasteiger partial charge on any atom is -0.481 e. The summed E-state index contributed by atoms with van der Waals surface area (Å²) in [5.41, 5.74) is 20.4. The lowest BCUT2D eigenvalue weighted by atomic mass is 10.1. The zero-order valence-electron chi connectivity index (χ0n) is 17.6. The third-order valence-corrected chi connectivity index (χ3v) is 3.50. The van der Waals surface area contributed by atoms with Gasteiger partial charge in [-0.2, -0.15) is 0 Å². The Balaban J connectivity index is -0.000000384. The molecule has 14 heteroatoms. The molecule has 0 amide bonds. The number of hydrogen-bond donors (Lipinski definition) is 10. The lowest BCUT2D eigenvalue weighted by molar-refractivity contribution is -0.141. The van der Waals surface area contributed by atoms with Gasteiger partial charge in [0.25, 0.3) is 0 Å². The molecule has 0 aromatic carbocycles. The first kappa shape index (κ1) is 32.7. The Bertz CT molecular complexity index is 561. The predicted molar refractivity (Wildman–Crippen MR) is 112 cm³/mol. The molecule has 14 nitrogen and oxygen atoms in total. The zero-order chi connectivity index (χ0) is 25.0. The van der Waals surface area contributed by atoms with E-state index in [0.29, 0.717) is 25.8 Å². The second-order valence-electron chi connectivity index (χ2n) is 6.39. The molecule has 0 rings (SSSR count). The van der Waals surface area contributed by atoms with Gasteiger partial charge in [-0.1, -0.05) is 19.8 Å². The molecular formula is C17H36N6O8. The van der Waals surface area contributed by atoms with E-state index in [0.717, 1.165) is 12.8 Å². The van der Waals surface area contributed by atoms with Gasteiger partial charge in [0.05, 0.1) is 0 Å². The number of rotatable bonds is 13. The zero-order valence-corrected chi connectivity index (χ0v) is 17.6. The third kappa shape index (κ3) is 27.0. The number of carboxylic acid groups (broad SMARTS) is 4. The van der Waals surface area contributed by atoms with Crippen LogP contribution in [0.1, 0.15) is 51.9 Å². The van der Waals surface area contributed by atoms with Gasteiger partial charge in [0.2, 0.25) is 0 Å². The summed E-state index contributed by atoms with van der Waals surface area (Å²) >= 11 is 0. The molecule has 0 saturated carbocycles. The minimum absolute atomic E-state index is 0.0231. The summed E-state index contributed by atoms with van der Waals surface area (Å²) in [6, 6.07) is -2.54. The van der Waals surface area contributed by atoms with Crippen LogP contribution in [0.15, 0.2) is 0 Å². The molecule has 0 spiro atoms. The molecule has 1 unspecified atom stereocenters. The Hall–Kier alpha value is -2.97. The maximum Gasteiger partial charge on any atom is 0.320 e. The van der Waals surface area contributed by atoms with Gasteiger partial charge in [0, 0.05) is 13.0 Å². The number of nitrogens with one attached hydrogen (secondary N) is 2. The lowest BCUT2D eigenvalue weighted by Gasteiger charge is -2.06. The first-order valence-corrected chi connectivity index (χ1v) is 9.50. The van der Waals surface area contributed by atoms with Gasteiger partial charge in [-0.05, 0) is 25.7 Å². The SMILES string of the molecule is CCCCC(N)C(=O)O.N=C(N)NCCC[C@H](N)C(=O)O.N[C@@H](CCC(=O)O)C(=O)O. The van der Waals surface area contributed by atoms with Gasteiger partial charge >= 0.3 is 23.9 Å². The van der Waals surface area contributed by atoms with E-state index in [9.17, 15) is 19.2 Å². The van der Waals surface area contributed by atoms with Gasteiger partial charge in [-0.25, -0.2) is 0 Å². The van der Waals surface area contributed by atoms with Crippen molar-refractivity contribution in [1.29, 1.82) is 5.41 Å². The highest BCUT2D eigenvalue weighted by Gasteiger charge is 2.12. The van der Waals surface area contributed by atoms with Crippen molar-refractivity contribution < 1.29 is 39.6 Å². The second-order valence-corrected chi connectivity index (χ2v) is 6.39. The monoisotopic (exact) mass is 452 g/mol. The van der Waals surface area contributed by atoms with Gasteiger partial charge in [0.15, 0.2) is 5.96 Å². The molecule has 182 valence electrons. The summed E-state index contributed by atoms with van der Waals surface area (Å²) in [6.45, 7) is 2.49. The maximum absolute atomic E-state index is 10.2. The van der Waals surface area contributed by atoms with Gasteiger partial charge in [0.1, 0.15) is 18.1 Å². The van der Waals surface area contributed by atoms with Crippen LogP contribution in [-0.2, 0) is 19.2 Å². The first-order valence-electron chi connectivity index (χ1n) is 9.50. The van der Waals surface area contributed by atoms with E-state index >= 15 is 0 Å². The fraction of sp³-hybridized carbons (Fsp3) is 0.706. The Morgan fingerprint density at radius 1 is 0.806 bits per heavy atom. The molecule has 0 aliphatic carbocycles. The van der Waals surface area contributed by atoms with Crippen LogP contribution in [0.25, 0.3) is 0 Å². The van der Waals surface area contributed by atoms with E-state index in [2.05, 4.69) is 5.32 Å². The van der Waals surface area contributed by atoms with Crippen molar-refractivity contribution in [2.24, 2.45) is 22.9 Å². The maximum atomic E-state index is 10.2. The fourth-order valence-electron chi connectivity index (χ4n) is 1.62. The van der Waals surface area contributed by atoms with Gasteiger partial charge in [-0.15, -0.1) is 0 Å². The largest absolute Gasteiger partial charge is 0.481 e. The normalized spacial score (nSPS) is 12.5. The highest BCUT2D eigenvalue weighted by Crippen LogP contribution is 1.97. The molecule has 14 N–H and O–H groups in total. The molecular weight excluding hydrogens is 416 g/mol. The van der Waals surface area contributed by atoms with Crippen LogP contribution in [-0.4, -0.2) is 74.9 Å². The molecule has 0 heterocycles. The summed E-state index contributed by atoms with van der Waals surface area (Å²) in [5.74, 6) is -4.21. The van der Waals surface area contributed by atoms with Crippen LogP contribution >= 0.6 is 0 Å². The molecule has 3 atom stereocenters. The van der Waals surface area contributed by atoms with Crippen molar-refractivity contribution in [2.45, 2.75) is 70.0 Å². The van der Waals surface area contributed by atoms with Crippen LogP contribution in [0.4, 0.5) is 0 Å². The lowest BCUT2D eigenvalue weighted by Crippen LogP contribution is -2.34. The molecule has 0 aromatic rings. The molecule has 0 bridgehead atoms. The van der Waals surface area contributed by atoms with Gasteiger partial charge in [-0.3, -0.25) is 24.6 Å². The van der Waals surface area contributed by atoms with E-state index in [-0.39, 0.29) is 18.8 Å². The summed E-state index contributed by atoms with van der Waals surface area (Å²) in [5, 5.41) is 42.3. The van der Waals surface area contributed by atoms with E-state index in [1.807, 2.05) is 6.92 Å². The number of carboxylic acids is 4. The number of guanidine groups is 1. The van der Waals surface area contributed by atoms with E-state index in [1.165, 1.54) is 0 Å². The Kier molecular flexibility index (Phi) is 21.4. The van der Waals surface area contributed by atoms with Crippen molar-refractivity contribution in [3.05, 3.63) is 0 Å². The van der Waals surface area contributed by atoms with Crippen LogP contribution in [0.5, 0.6) is 0 Å². The minimum atomic E-state index is -1.17. The summed E-state index contributed by atoms with van der Waals surface area (Å²) < 4.78 is 0. The Morgan fingerprint density at radius 2 is 1.19 bits per heavy atom. The number of nitrogens with two attached hydrogens (primary N) is 4. The molecule has 0 aromatic heterocycles. The van der Waals surface area contributed by atoms with Crippen molar-refractivity contribution in [3.63, 3.8) is 0 Å². The second kappa shape index (κ2) is 20.3. The molecule has 0 aliphatic heterocycles. The molecule has 0 radical (unpaired) electrons. The quantitative estimate of drug-likeness (QED) is 0.0866. The molecule has 31 heavy (non-hydrogen) atoms. The average Bonchev–Trinajstić information content (AvgIpc) is 2.67. The highest BCUT2D eigenvalue weighted by molar-refractivity contribution is 5.75. The van der Waals surface area contributed by atoms with Crippen molar-refractivity contribution in [2.75, 3.05) is 6.54 Å². The summed E-state index contributed by atoms with van der Waals surface area (Å²) in [4.78, 5) is 40.2. The molecule has 0 aliphatic rings. The van der Waals surface area contributed by atoms with Crippen LogP contribution < -0.4 is 28.3 Å². The van der Waals surface area contributed by atoms with Crippen LogP contribution in [0.2, 0.25) is 0 Å². The van der Waals surface area contributed by atoms with Crippen molar-refractivity contribution >= 4 is 29.8 Å². The smallest absolute Gasteiger partial charge is 0.320 e. The van der Waals surface area contributed by atoms with Crippen LogP contribution in [0.3, 0.4) is 0 Å². The van der Waals surface area contributed by atoms with Crippen molar-refractivity contribution in [1.82, 2.24) is 5.32 Å². The van der Waals surface area contributed by atoms with E-state index in [4.69, 9.17) is 48.8 Å². The average molecular weight is 453 g/mol. The van der Waals surface area contributed by atoms with Gasteiger partial charge < -0.3 is 48.7 Å².